The van der Waals surface area contributed by atoms with E-state index in [1.165, 1.54) is 0 Å². The molecule has 0 radical (unpaired) electrons. The first kappa shape index (κ1) is 19.2. The Labute approximate surface area is 171 Å². The third-order valence-electron chi connectivity index (χ3n) is 6.62. The molecule has 1 aromatic carbocycles. The minimum Gasteiger partial charge on any atom is -0.462 e. The SMILES string of the molecule is C[C@H]1[C@H](C=Cc2ccc(-c3cccc(Cl)c3)cn2)[C@@H]2[C@@H](C)OC(=O)[C@@H]2C[C@@H]1C. The summed E-state index contributed by atoms with van der Waals surface area (Å²) in [6, 6.07) is 11.9. The first-order chi connectivity index (χ1) is 13.4. The molecule has 1 aliphatic heterocycles. The van der Waals surface area contributed by atoms with Gasteiger partial charge in [-0.2, -0.15) is 0 Å². The molecule has 1 aliphatic carbocycles. The number of carbonyl (C=O) groups is 1. The van der Waals surface area contributed by atoms with Gasteiger partial charge < -0.3 is 4.74 Å². The Hall–Kier alpha value is -2.13. The van der Waals surface area contributed by atoms with Gasteiger partial charge in [0.2, 0.25) is 0 Å². The standard InChI is InChI=1S/C24H26ClNO2/c1-14-11-22-23(16(3)28-24(22)27)21(15(14)2)10-9-20-8-7-18(13-26-20)17-5-4-6-19(25)12-17/h4-10,12-16,21-23H,11H2,1-3H3/t14-,15+,16+,21-,22+,23-/m0/s1. The van der Waals surface area contributed by atoms with Crippen LogP contribution in [0, 0.1) is 29.6 Å². The molecule has 0 N–H and O–H groups in total. The van der Waals surface area contributed by atoms with Gasteiger partial charge in [-0.1, -0.05) is 49.7 Å². The fourth-order valence-corrected chi connectivity index (χ4v) is 5.06. The smallest absolute Gasteiger partial charge is 0.309 e. The van der Waals surface area contributed by atoms with E-state index < -0.39 is 0 Å². The van der Waals surface area contributed by atoms with Gasteiger partial charge in [-0.25, -0.2) is 0 Å². The van der Waals surface area contributed by atoms with E-state index in [-0.39, 0.29) is 23.9 Å². The van der Waals surface area contributed by atoms with E-state index in [9.17, 15) is 4.79 Å². The number of aromatic nitrogens is 1. The molecule has 0 spiro atoms. The highest BCUT2D eigenvalue weighted by Gasteiger charge is 2.51. The number of cyclic esters (lactones) is 1. The predicted molar refractivity (Wildman–Crippen MR) is 113 cm³/mol. The maximum absolute atomic E-state index is 12.2. The van der Waals surface area contributed by atoms with Crippen LogP contribution in [0.3, 0.4) is 0 Å². The summed E-state index contributed by atoms with van der Waals surface area (Å²) in [6.45, 7) is 6.57. The van der Waals surface area contributed by atoms with Crippen LogP contribution in [0.4, 0.5) is 0 Å². The second-order valence-electron chi connectivity index (χ2n) is 8.32. The molecule has 1 saturated carbocycles. The van der Waals surface area contributed by atoms with Crippen molar-refractivity contribution in [1.29, 1.82) is 0 Å². The Kier molecular flexibility index (Phi) is 5.29. The number of carbonyl (C=O) groups excluding carboxylic acids is 1. The highest BCUT2D eigenvalue weighted by molar-refractivity contribution is 6.30. The number of halogens is 1. The Bertz CT molecular complexity index is 892. The Morgan fingerprint density at radius 1 is 1.14 bits per heavy atom. The van der Waals surface area contributed by atoms with Gasteiger partial charge in [0.25, 0.3) is 0 Å². The van der Waals surface area contributed by atoms with Crippen molar-refractivity contribution in [3.05, 3.63) is 59.4 Å². The van der Waals surface area contributed by atoms with E-state index in [1.807, 2.05) is 43.5 Å². The zero-order valence-electron chi connectivity index (χ0n) is 16.5. The number of benzene rings is 1. The third-order valence-corrected chi connectivity index (χ3v) is 6.85. The first-order valence-electron chi connectivity index (χ1n) is 10.0. The van der Waals surface area contributed by atoms with Crippen molar-refractivity contribution < 1.29 is 9.53 Å². The van der Waals surface area contributed by atoms with Crippen molar-refractivity contribution in [3.63, 3.8) is 0 Å². The molecule has 28 heavy (non-hydrogen) atoms. The van der Waals surface area contributed by atoms with E-state index in [1.54, 1.807) is 0 Å². The molecule has 2 aromatic rings. The van der Waals surface area contributed by atoms with Gasteiger partial charge >= 0.3 is 5.97 Å². The van der Waals surface area contributed by atoms with Gasteiger partial charge in [0.1, 0.15) is 6.10 Å². The van der Waals surface area contributed by atoms with E-state index in [0.29, 0.717) is 17.8 Å². The third kappa shape index (κ3) is 3.60. The van der Waals surface area contributed by atoms with E-state index >= 15 is 0 Å². The quantitative estimate of drug-likeness (QED) is 0.608. The highest BCUT2D eigenvalue weighted by Crippen LogP contribution is 2.48. The summed E-state index contributed by atoms with van der Waals surface area (Å²) in [5, 5.41) is 0.721. The molecule has 4 rings (SSSR count). The topological polar surface area (TPSA) is 39.2 Å². The Morgan fingerprint density at radius 3 is 2.68 bits per heavy atom. The lowest BCUT2D eigenvalue weighted by Crippen LogP contribution is -2.39. The summed E-state index contributed by atoms with van der Waals surface area (Å²) < 4.78 is 5.56. The van der Waals surface area contributed by atoms with Crippen molar-refractivity contribution in [2.24, 2.45) is 29.6 Å². The van der Waals surface area contributed by atoms with Crippen molar-refractivity contribution in [2.45, 2.75) is 33.3 Å². The molecule has 0 unspecified atom stereocenters. The molecule has 6 atom stereocenters. The van der Waals surface area contributed by atoms with Crippen LogP contribution < -0.4 is 0 Å². The summed E-state index contributed by atoms with van der Waals surface area (Å²) in [6.07, 6.45) is 7.14. The number of nitrogens with zero attached hydrogens (tertiary/aromatic N) is 1. The lowest BCUT2D eigenvalue weighted by atomic mass is 9.62. The van der Waals surface area contributed by atoms with Crippen LogP contribution in [0.5, 0.6) is 0 Å². The molecule has 2 aliphatic rings. The van der Waals surface area contributed by atoms with Crippen LogP contribution in [-0.2, 0) is 9.53 Å². The predicted octanol–water partition coefficient (Wildman–Crippen LogP) is 5.89. The molecule has 3 nitrogen and oxygen atoms in total. The van der Waals surface area contributed by atoms with Gasteiger partial charge in [-0.15, -0.1) is 0 Å². The van der Waals surface area contributed by atoms with Gasteiger partial charge in [0.15, 0.2) is 0 Å². The molecular weight excluding hydrogens is 370 g/mol. The summed E-state index contributed by atoms with van der Waals surface area (Å²) in [5.74, 6) is 1.63. The van der Waals surface area contributed by atoms with Gasteiger partial charge in [-0.05, 0) is 60.9 Å². The molecule has 1 aromatic heterocycles. The molecular formula is C24H26ClNO2. The molecule has 146 valence electrons. The second kappa shape index (κ2) is 7.71. The van der Waals surface area contributed by atoms with Crippen molar-refractivity contribution >= 4 is 23.6 Å². The minimum absolute atomic E-state index is 0.0136. The largest absolute Gasteiger partial charge is 0.462 e. The second-order valence-corrected chi connectivity index (χ2v) is 8.75. The van der Waals surface area contributed by atoms with E-state index in [0.717, 1.165) is 28.3 Å². The number of ether oxygens (including phenoxy) is 1. The highest BCUT2D eigenvalue weighted by atomic mass is 35.5. The Balaban J connectivity index is 1.55. The normalized spacial score (nSPS) is 32.4. The molecule has 2 fully saturated rings. The maximum atomic E-state index is 12.2. The zero-order valence-corrected chi connectivity index (χ0v) is 17.3. The summed E-state index contributed by atoms with van der Waals surface area (Å²) in [7, 11) is 0. The average molecular weight is 396 g/mol. The monoisotopic (exact) mass is 395 g/mol. The van der Waals surface area contributed by atoms with E-state index in [2.05, 4.69) is 37.0 Å². The Morgan fingerprint density at radius 2 is 1.96 bits per heavy atom. The van der Waals surface area contributed by atoms with Crippen molar-refractivity contribution in [3.8, 4) is 11.1 Å². The fourth-order valence-electron chi connectivity index (χ4n) is 4.87. The number of hydrogen-bond donors (Lipinski definition) is 0. The number of rotatable bonds is 3. The average Bonchev–Trinajstić information content (AvgIpc) is 2.96. The molecule has 2 heterocycles. The molecule has 0 bridgehead atoms. The van der Waals surface area contributed by atoms with Crippen LogP contribution in [0.2, 0.25) is 5.02 Å². The van der Waals surface area contributed by atoms with Gasteiger partial charge in [-0.3, -0.25) is 9.78 Å². The lowest BCUT2D eigenvalue weighted by molar-refractivity contribution is -0.144. The summed E-state index contributed by atoms with van der Waals surface area (Å²) in [4.78, 5) is 16.8. The summed E-state index contributed by atoms with van der Waals surface area (Å²) >= 11 is 6.09. The van der Waals surface area contributed by atoms with Gasteiger partial charge in [0.05, 0.1) is 11.6 Å². The molecule has 1 saturated heterocycles. The van der Waals surface area contributed by atoms with Crippen LogP contribution in [-0.4, -0.2) is 17.1 Å². The van der Waals surface area contributed by atoms with Crippen molar-refractivity contribution in [2.75, 3.05) is 0 Å². The number of esters is 1. The maximum Gasteiger partial charge on any atom is 0.309 e. The van der Waals surface area contributed by atoms with Crippen LogP contribution >= 0.6 is 11.6 Å². The number of fused-ring (bicyclic) bond motifs is 1. The van der Waals surface area contributed by atoms with Crippen LogP contribution in [0.1, 0.15) is 32.9 Å². The first-order valence-corrected chi connectivity index (χ1v) is 10.4. The number of allylic oxidation sites excluding steroid dienone is 1. The van der Waals surface area contributed by atoms with Crippen molar-refractivity contribution in [1.82, 2.24) is 4.98 Å². The lowest BCUT2D eigenvalue weighted by Gasteiger charge is -2.40. The zero-order chi connectivity index (χ0) is 19.8. The summed E-state index contributed by atoms with van der Waals surface area (Å²) in [5.41, 5.74) is 3.02. The van der Waals surface area contributed by atoms with Gasteiger partial charge in [0, 0.05) is 22.7 Å². The minimum atomic E-state index is -0.0151. The van der Waals surface area contributed by atoms with E-state index in [4.69, 9.17) is 16.3 Å². The number of hydrogen-bond acceptors (Lipinski definition) is 3. The molecule has 4 heteroatoms. The van der Waals surface area contributed by atoms with Crippen LogP contribution in [0.25, 0.3) is 17.2 Å². The molecule has 0 amide bonds. The number of pyridine rings is 1. The fraction of sp³-hybridized carbons (Fsp3) is 0.417. The van der Waals surface area contributed by atoms with Crippen LogP contribution in [0.15, 0.2) is 48.7 Å².